The van der Waals surface area contributed by atoms with Gasteiger partial charge in [0.2, 0.25) is 11.8 Å². The Morgan fingerprint density at radius 1 is 1.11 bits per heavy atom. The van der Waals surface area contributed by atoms with Gasteiger partial charge in [0.1, 0.15) is 5.82 Å². The molecule has 2 amide bonds. The third kappa shape index (κ3) is 3.63. The summed E-state index contributed by atoms with van der Waals surface area (Å²) in [7, 11) is 0. The number of nitrogens with one attached hydrogen (secondary N) is 1. The lowest BCUT2D eigenvalue weighted by atomic mass is 10.1. The number of nitrogens with zero attached hydrogens (tertiary/aromatic N) is 2. The fourth-order valence-electron chi connectivity index (χ4n) is 3.73. The maximum atomic E-state index is 13.9. The summed E-state index contributed by atoms with van der Waals surface area (Å²) in [4.78, 5) is 26.0. The van der Waals surface area contributed by atoms with Gasteiger partial charge >= 0.3 is 0 Å². The first kappa shape index (κ1) is 18.2. The van der Waals surface area contributed by atoms with Crippen LogP contribution in [0.3, 0.4) is 0 Å². The summed E-state index contributed by atoms with van der Waals surface area (Å²) in [5.74, 6) is -1.26. The van der Waals surface area contributed by atoms with Crippen molar-refractivity contribution in [3.63, 3.8) is 0 Å². The van der Waals surface area contributed by atoms with Crippen molar-refractivity contribution in [3.8, 4) is 0 Å². The number of anilines is 1. The van der Waals surface area contributed by atoms with E-state index in [4.69, 9.17) is 0 Å². The van der Waals surface area contributed by atoms with E-state index in [0.717, 1.165) is 13.0 Å². The van der Waals surface area contributed by atoms with Crippen LogP contribution in [0.25, 0.3) is 10.9 Å². The first-order valence-electron chi connectivity index (χ1n) is 9.50. The molecule has 1 aliphatic heterocycles. The van der Waals surface area contributed by atoms with Gasteiger partial charge in [-0.05, 0) is 36.1 Å². The maximum Gasteiger partial charge on any atom is 0.227 e. The molecule has 3 aromatic rings. The van der Waals surface area contributed by atoms with Crippen molar-refractivity contribution in [2.45, 2.75) is 19.4 Å². The number of para-hydroxylation sites is 2. The highest BCUT2D eigenvalue weighted by Crippen LogP contribution is 2.27. The Labute approximate surface area is 162 Å². The molecule has 2 heterocycles. The fourth-order valence-corrected chi connectivity index (χ4v) is 3.73. The highest BCUT2D eigenvalue weighted by Gasteiger charge is 2.35. The predicted molar refractivity (Wildman–Crippen MR) is 106 cm³/mol. The van der Waals surface area contributed by atoms with E-state index in [1.54, 1.807) is 18.2 Å². The Morgan fingerprint density at radius 3 is 2.75 bits per heavy atom. The standard InChI is InChI=1S/C22H22FN3O2/c23-18-7-2-4-9-20(18)26-15-17(14-21(26)27)22(28)24-11-5-12-25-13-10-16-6-1-3-8-19(16)25/h1-4,6-10,13,17H,5,11-12,14-15H2,(H,24,28). The van der Waals surface area contributed by atoms with Gasteiger partial charge in [-0.2, -0.15) is 0 Å². The summed E-state index contributed by atoms with van der Waals surface area (Å²) in [5.41, 5.74) is 1.41. The fraction of sp³-hybridized carbons (Fsp3) is 0.273. The van der Waals surface area contributed by atoms with Crippen LogP contribution in [0, 0.1) is 11.7 Å². The van der Waals surface area contributed by atoms with E-state index in [0.29, 0.717) is 6.54 Å². The van der Waals surface area contributed by atoms with Crippen LogP contribution in [-0.2, 0) is 16.1 Å². The third-order valence-electron chi connectivity index (χ3n) is 5.19. The van der Waals surface area contributed by atoms with Crippen molar-refractivity contribution in [1.29, 1.82) is 0 Å². The van der Waals surface area contributed by atoms with Crippen LogP contribution >= 0.6 is 0 Å². The Bertz CT molecular complexity index is 1010. The van der Waals surface area contributed by atoms with E-state index in [1.807, 2.05) is 12.1 Å². The molecule has 1 aliphatic rings. The molecule has 4 rings (SSSR count). The molecule has 1 atom stereocenters. The largest absolute Gasteiger partial charge is 0.356 e. The summed E-state index contributed by atoms with van der Waals surface area (Å²) in [6, 6.07) is 16.4. The van der Waals surface area contributed by atoms with Gasteiger partial charge in [-0.3, -0.25) is 9.59 Å². The quantitative estimate of drug-likeness (QED) is 0.668. The van der Waals surface area contributed by atoms with Crippen molar-refractivity contribution in [2.24, 2.45) is 5.92 Å². The summed E-state index contributed by atoms with van der Waals surface area (Å²) in [5, 5.41) is 4.12. The number of carbonyl (C=O) groups is 2. The molecule has 1 fully saturated rings. The molecule has 2 aromatic carbocycles. The summed E-state index contributed by atoms with van der Waals surface area (Å²) in [6.07, 6.45) is 2.96. The topological polar surface area (TPSA) is 54.3 Å². The van der Waals surface area contributed by atoms with Gasteiger partial charge in [0.05, 0.1) is 11.6 Å². The van der Waals surface area contributed by atoms with Crippen LogP contribution in [-0.4, -0.2) is 29.5 Å². The average molecular weight is 379 g/mol. The number of hydrogen-bond acceptors (Lipinski definition) is 2. The van der Waals surface area contributed by atoms with Crippen molar-refractivity contribution in [3.05, 3.63) is 66.6 Å². The van der Waals surface area contributed by atoms with Gasteiger partial charge in [-0.1, -0.05) is 30.3 Å². The number of amides is 2. The molecule has 1 unspecified atom stereocenters. The molecule has 0 radical (unpaired) electrons. The van der Waals surface area contributed by atoms with Gasteiger partial charge in [-0.15, -0.1) is 0 Å². The molecule has 1 N–H and O–H groups in total. The number of hydrogen-bond donors (Lipinski definition) is 1. The Morgan fingerprint density at radius 2 is 1.89 bits per heavy atom. The monoisotopic (exact) mass is 379 g/mol. The molecule has 144 valence electrons. The zero-order valence-corrected chi connectivity index (χ0v) is 15.5. The third-order valence-corrected chi connectivity index (χ3v) is 5.19. The van der Waals surface area contributed by atoms with Crippen molar-refractivity contribution >= 4 is 28.4 Å². The Balaban J connectivity index is 1.29. The van der Waals surface area contributed by atoms with Crippen molar-refractivity contribution in [1.82, 2.24) is 9.88 Å². The van der Waals surface area contributed by atoms with E-state index >= 15 is 0 Å². The van der Waals surface area contributed by atoms with E-state index in [2.05, 4.69) is 34.3 Å². The highest BCUT2D eigenvalue weighted by molar-refractivity contribution is 6.00. The van der Waals surface area contributed by atoms with Gasteiger partial charge in [-0.25, -0.2) is 4.39 Å². The highest BCUT2D eigenvalue weighted by atomic mass is 19.1. The molecule has 5 nitrogen and oxygen atoms in total. The van der Waals surface area contributed by atoms with Crippen molar-refractivity contribution in [2.75, 3.05) is 18.0 Å². The summed E-state index contributed by atoms with van der Waals surface area (Å²) < 4.78 is 16.1. The number of rotatable bonds is 6. The second kappa shape index (κ2) is 7.84. The van der Waals surface area contributed by atoms with E-state index in [9.17, 15) is 14.0 Å². The lowest BCUT2D eigenvalue weighted by Crippen LogP contribution is -2.34. The van der Waals surface area contributed by atoms with Crippen LogP contribution in [0.1, 0.15) is 12.8 Å². The second-order valence-electron chi connectivity index (χ2n) is 7.07. The summed E-state index contributed by atoms with van der Waals surface area (Å²) >= 11 is 0. The number of benzene rings is 2. The number of halogens is 1. The number of aryl methyl sites for hydroxylation is 1. The maximum absolute atomic E-state index is 13.9. The van der Waals surface area contributed by atoms with Crippen LogP contribution < -0.4 is 10.2 Å². The Hall–Kier alpha value is -3.15. The van der Waals surface area contributed by atoms with Crippen LogP contribution in [0.5, 0.6) is 0 Å². The minimum atomic E-state index is -0.448. The average Bonchev–Trinajstić information content (AvgIpc) is 3.29. The molecule has 6 heteroatoms. The zero-order valence-electron chi connectivity index (χ0n) is 15.5. The van der Waals surface area contributed by atoms with Gasteiger partial charge in [0.15, 0.2) is 0 Å². The summed E-state index contributed by atoms with van der Waals surface area (Å²) in [6.45, 7) is 1.56. The minimum Gasteiger partial charge on any atom is -0.356 e. The molecule has 0 bridgehead atoms. The van der Waals surface area contributed by atoms with Gasteiger partial charge in [0.25, 0.3) is 0 Å². The molecule has 0 aliphatic carbocycles. The number of carbonyl (C=O) groups excluding carboxylic acids is 2. The van der Waals surface area contributed by atoms with Gasteiger partial charge < -0.3 is 14.8 Å². The molecule has 1 aromatic heterocycles. The first-order chi connectivity index (χ1) is 13.6. The molecule has 0 spiro atoms. The van der Waals surface area contributed by atoms with Gasteiger partial charge in [0, 0.05) is 37.8 Å². The number of aromatic nitrogens is 1. The zero-order chi connectivity index (χ0) is 19.5. The van der Waals surface area contributed by atoms with Crippen molar-refractivity contribution < 1.29 is 14.0 Å². The SMILES string of the molecule is O=C(NCCCn1ccc2ccccc21)C1CC(=O)N(c2ccccc2F)C1. The molecular formula is C22H22FN3O2. The van der Waals surface area contributed by atoms with Crippen LogP contribution in [0.2, 0.25) is 0 Å². The van der Waals surface area contributed by atoms with E-state index in [1.165, 1.54) is 21.9 Å². The molecule has 28 heavy (non-hydrogen) atoms. The van der Waals surface area contributed by atoms with Crippen LogP contribution in [0.15, 0.2) is 60.8 Å². The smallest absolute Gasteiger partial charge is 0.227 e. The van der Waals surface area contributed by atoms with E-state index in [-0.39, 0.29) is 30.5 Å². The lowest BCUT2D eigenvalue weighted by molar-refractivity contribution is -0.126. The number of fused-ring (bicyclic) bond motifs is 1. The Kier molecular flexibility index (Phi) is 5.10. The van der Waals surface area contributed by atoms with E-state index < -0.39 is 11.7 Å². The predicted octanol–water partition coefficient (Wildman–Crippen LogP) is 3.34. The molecular weight excluding hydrogens is 357 g/mol. The normalized spacial score (nSPS) is 16.7. The molecule has 1 saturated heterocycles. The molecule has 0 saturated carbocycles. The minimum absolute atomic E-state index is 0.113. The lowest BCUT2D eigenvalue weighted by Gasteiger charge is -2.17. The second-order valence-corrected chi connectivity index (χ2v) is 7.07. The van der Waals surface area contributed by atoms with Crippen LogP contribution in [0.4, 0.5) is 10.1 Å². The first-order valence-corrected chi connectivity index (χ1v) is 9.50.